The van der Waals surface area contributed by atoms with Crippen molar-refractivity contribution in [1.29, 1.82) is 0 Å². The Morgan fingerprint density at radius 2 is 2.16 bits per heavy atom. The van der Waals surface area contributed by atoms with Gasteiger partial charge < -0.3 is 14.5 Å². The molecule has 2 rings (SSSR count). The van der Waals surface area contributed by atoms with E-state index in [0.717, 1.165) is 5.56 Å². The molecule has 0 aliphatic heterocycles. The number of hydrogen-bond acceptors (Lipinski definition) is 4. The molecule has 0 saturated carbocycles. The van der Waals surface area contributed by atoms with Gasteiger partial charge in [0, 0.05) is 5.69 Å². The van der Waals surface area contributed by atoms with Gasteiger partial charge in [-0.3, -0.25) is 4.79 Å². The Hall–Kier alpha value is -2.56. The lowest BCUT2D eigenvalue weighted by Crippen LogP contribution is -2.20. The van der Waals surface area contributed by atoms with Crippen molar-refractivity contribution >= 4 is 17.6 Å². The van der Waals surface area contributed by atoms with Gasteiger partial charge in [0.15, 0.2) is 6.61 Å². The van der Waals surface area contributed by atoms with Crippen molar-refractivity contribution in [3.05, 3.63) is 54.0 Å². The van der Waals surface area contributed by atoms with E-state index >= 15 is 0 Å². The van der Waals surface area contributed by atoms with Crippen molar-refractivity contribution in [2.75, 3.05) is 11.9 Å². The molecule has 0 aliphatic rings. The second-order valence-electron chi connectivity index (χ2n) is 4.01. The molecule has 0 saturated heterocycles. The summed E-state index contributed by atoms with van der Waals surface area (Å²) in [6.07, 6.45) is 2.63. The van der Waals surface area contributed by atoms with Crippen LogP contribution in [0.5, 0.6) is 0 Å². The molecule has 19 heavy (non-hydrogen) atoms. The smallest absolute Gasteiger partial charge is 0.341 e. The van der Waals surface area contributed by atoms with Gasteiger partial charge in [0.2, 0.25) is 0 Å². The third-order valence-corrected chi connectivity index (χ3v) is 2.39. The third-order valence-electron chi connectivity index (χ3n) is 2.39. The lowest BCUT2D eigenvalue weighted by atomic mass is 10.2. The number of anilines is 1. The van der Waals surface area contributed by atoms with Gasteiger partial charge in [-0.05, 0) is 30.7 Å². The highest BCUT2D eigenvalue weighted by Crippen LogP contribution is 2.09. The SMILES string of the molecule is Cc1cccc(NC(=O)COC(=O)c2ccoc2)c1. The second-order valence-corrected chi connectivity index (χ2v) is 4.01. The van der Waals surface area contributed by atoms with Crippen LogP contribution in [-0.4, -0.2) is 18.5 Å². The number of nitrogens with one attached hydrogen (secondary N) is 1. The summed E-state index contributed by atoms with van der Waals surface area (Å²) >= 11 is 0. The van der Waals surface area contributed by atoms with Crippen LogP contribution >= 0.6 is 0 Å². The lowest BCUT2D eigenvalue weighted by Gasteiger charge is -2.06. The van der Waals surface area contributed by atoms with Crippen LogP contribution in [0.1, 0.15) is 15.9 Å². The first-order valence-electron chi connectivity index (χ1n) is 5.71. The van der Waals surface area contributed by atoms with Gasteiger partial charge >= 0.3 is 5.97 Å². The fraction of sp³-hybridized carbons (Fsp3) is 0.143. The van der Waals surface area contributed by atoms with E-state index in [0.29, 0.717) is 5.69 Å². The standard InChI is InChI=1S/C14H13NO4/c1-10-3-2-4-12(7-10)15-13(16)9-19-14(17)11-5-6-18-8-11/h2-8H,9H2,1H3,(H,15,16). The minimum atomic E-state index is -0.590. The third kappa shape index (κ3) is 3.70. The summed E-state index contributed by atoms with van der Waals surface area (Å²) in [5.41, 5.74) is 1.99. The Balaban J connectivity index is 1.83. The van der Waals surface area contributed by atoms with Gasteiger partial charge in [-0.25, -0.2) is 4.79 Å². The predicted octanol–water partition coefficient (Wildman–Crippen LogP) is 2.38. The number of hydrogen-bond donors (Lipinski definition) is 1. The number of esters is 1. The molecule has 5 nitrogen and oxygen atoms in total. The number of carbonyl (C=O) groups excluding carboxylic acids is 2. The molecule has 0 radical (unpaired) electrons. The zero-order chi connectivity index (χ0) is 13.7. The quantitative estimate of drug-likeness (QED) is 0.856. The van der Waals surface area contributed by atoms with E-state index in [9.17, 15) is 9.59 Å². The zero-order valence-electron chi connectivity index (χ0n) is 10.4. The van der Waals surface area contributed by atoms with Gasteiger partial charge in [0.25, 0.3) is 5.91 Å². The summed E-state index contributed by atoms with van der Waals surface area (Å²) in [7, 11) is 0. The fourth-order valence-corrected chi connectivity index (χ4v) is 1.51. The maximum Gasteiger partial charge on any atom is 0.341 e. The molecule has 0 bridgehead atoms. The average Bonchev–Trinajstić information content (AvgIpc) is 2.90. The minimum Gasteiger partial charge on any atom is -0.472 e. The molecule has 1 amide bonds. The number of benzene rings is 1. The molecule has 0 spiro atoms. The summed E-state index contributed by atoms with van der Waals surface area (Å²) in [5, 5.41) is 2.64. The molecular formula is C14H13NO4. The van der Waals surface area contributed by atoms with Crippen molar-refractivity contribution < 1.29 is 18.7 Å². The van der Waals surface area contributed by atoms with Crippen LogP contribution in [0.4, 0.5) is 5.69 Å². The maximum absolute atomic E-state index is 11.6. The van der Waals surface area contributed by atoms with Gasteiger partial charge in [-0.2, -0.15) is 0 Å². The molecule has 5 heteroatoms. The molecule has 0 aliphatic carbocycles. The van der Waals surface area contributed by atoms with Crippen molar-refractivity contribution in [1.82, 2.24) is 0 Å². The summed E-state index contributed by atoms with van der Waals surface area (Å²) < 4.78 is 9.59. The maximum atomic E-state index is 11.6. The van der Waals surface area contributed by atoms with E-state index < -0.39 is 5.97 Å². The van der Waals surface area contributed by atoms with E-state index in [1.165, 1.54) is 18.6 Å². The van der Waals surface area contributed by atoms with E-state index in [1.807, 2.05) is 25.1 Å². The van der Waals surface area contributed by atoms with E-state index in [4.69, 9.17) is 9.15 Å². The molecule has 0 atom stereocenters. The molecule has 0 unspecified atom stereocenters. The van der Waals surface area contributed by atoms with Crippen LogP contribution < -0.4 is 5.32 Å². The van der Waals surface area contributed by atoms with Crippen LogP contribution in [-0.2, 0) is 9.53 Å². The van der Waals surface area contributed by atoms with Crippen LogP contribution in [0.15, 0.2) is 47.3 Å². The fourth-order valence-electron chi connectivity index (χ4n) is 1.51. The normalized spacial score (nSPS) is 9.95. The molecule has 1 aromatic carbocycles. The Labute approximate surface area is 110 Å². The Bertz CT molecular complexity index is 575. The molecule has 1 aromatic heterocycles. The van der Waals surface area contributed by atoms with Crippen molar-refractivity contribution in [3.8, 4) is 0 Å². The van der Waals surface area contributed by atoms with Crippen LogP contribution in [0.3, 0.4) is 0 Å². The molecule has 0 fully saturated rings. The summed E-state index contributed by atoms with van der Waals surface area (Å²) in [6, 6.07) is 8.83. The zero-order valence-corrected chi connectivity index (χ0v) is 10.4. The van der Waals surface area contributed by atoms with E-state index in [-0.39, 0.29) is 18.1 Å². The van der Waals surface area contributed by atoms with Gasteiger partial charge in [0.1, 0.15) is 6.26 Å². The molecule has 1 heterocycles. The number of aryl methyl sites for hydroxylation is 1. The average molecular weight is 259 g/mol. The first-order chi connectivity index (χ1) is 9.15. The monoisotopic (exact) mass is 259 g/mol. The van der Waals surface area contributed by atoms with Gasteiger partial charge in [-0.15, -0.1) is 0 Å². The molecule has 2 aromatic rings. The van der Waals surface area contributed by atoms with Crippen molar-refractivity contribution in [2.24, 2.45) is 0 Å². The van der Waals surface area contributed by atoms with E-state index in [2.05, 4.69) is 5.32 Å². The summed E-state index contributed by atoms with van der Waals surface area (Å²) in [4.78, 5) is 23.0. The minimum absolute atomic E-state index is 0.281. The first kappa shape index (κ1) is 12.9. The van der Waals surface area contributed by atoms with Crippen molar-refractivity contribution in [3.63, 3.8) is 0 Å². The number of carbonyl (C=O) groups is 2. The van der Waals surface area contributed by atoms with Gasteiger partial charge in [0.05, 0.1) is 11.8 Å². The van der Waals surface area contributed by atoms with Crippen LogP contribution in [0.25, 0.3) is 0 Å². The Morgan fingerprint density at radius 1 is 1.32 bits per heavy atom. The topological polar surface area (TPSA) is 68.5 Å². The Kier molecular flexibility index (Phi) is 3.97. The summed E-state index contributed by atoms with van der Waals surface area (Å²) in [6.45, 7) is 1.59. The van der Waals surface area contributed by atoms with Crippen LogP contribution in [0, 0.1) is 6.92 Å². The lowest BCUT2D eigenvalue weighted by molar-refractivity contribution is -0.119. The first-order valence-corrected chi connectivity index (χ1v) is 5.71. The number of furan rings is 1. The predicted molar refractivity (Wildman–Crippen MR) is 68.8 cm³/mol. The van der Waals surface area contributed by atoms with Gasteiger partial charge in [-0.1, -0.05) is 12.1 Å². The largest absolute Gasteiger partial charge is 0.472 e. The number of rotatable bonds is 4. The molecule has 1 N–H and O–H groups in total. The highest BCUT2D eigenvalue weighted by molar-refractivity contribution is 5.95. The van der Waals surface area contributed by atoms with E-state index in [1.54, 1.807) is 6.07 Å². The highest BCUT2D eigenvalue weighted by Gasteiger charge is 2.11. The molecule has 98 valence electrons. The highest BCUT2D eigenvalue weighted by atomic mass is 16.5. The second kappa shape index (κ2) is 5.86. The number of ether oxygens (including phenoxy) is 1. The molecular weight excluding hydrogens is 246 g/mol. The Morgan fingerprint density at radius 3 is 2.84 bits per heavy atom. The van der Waals surface area contributed by atoms with Crippen molar-refractivity contribution in [2.45, 2.75) is 6.92 Å². The number of amides is 1. The van der Waals surface area contributed by atoms with Crippen LogP contribution in [0.2, 0.25) is 0 Å². The summed E-state index contributed by atoms with van der Waals surface area (Å²) in [5.74, 6) is -0.976.